The quantitative estimate of drug-likeness (QED) is 0.891. The molecule has 1 aliphatic heterocycles. The van der Waals surface area contributed by atoms with Crippen LogP contribution in [0.3, 0.4) is 0 Å². The van der Waals surface area contributed by atoms with Gasteiger partial charge < -0.3 is 10.3 Å². The van der Waals surface area contributed by atoms with Gasteiger partial charge >= 0.3 is 0 Å². The first-order valence-corrected chi connectivity index (χ1v) is 7.79. The molecule has 0 aromatic carbocycles. The molecule has 2 fully saturated rings. The Bertz CT molecular complexity index is 686. The van der Waals surface area contributed by atoms with Gasteiger partial charge in [-0.3, -0.25) is 14.4 Å². The zero-order valence-electron chi connectivity index (χ0n) is 12.4. The molecular weight excluding hydrogens is 280 g/mol. The van der Waals surface area contributed by atoms with Crippen molar-refractivity contribution < 1.29 is 4.79 Å². The van der Waals surface area contributed by atoms with Crippen molar-refractivity contribution in [2.45, 2.75) is 37.9 Å². The number of aromatic nitrogens is 4. The SMILES string of the molecule is NC(=O)c1cnn(C2CCN(Cc3nccn3C3CC3)C2)c1. The molecule has 2 aromatic rings. The van der Waals surface area contributed by atoms with Gasteiger partial charge in [0.15, 0.2) is 0 Å². The molecule has 7 nitrogen and oxygen atoms in total. The number of nitrogens with two attached hydrogens (primary N) is 1. The molecule has 1 unspecified atom stereocenters. The zero-order chi connectivity index (χ0) is 15.1. The highest BCUT2D eigenvalue weighted by Crippen LogP contribution is 2.36. The number of hydrogen-bond donors (Lipinski definition) is 1. The van der Waals surface area contributed by atoms with Crippen molar-refractivity contribution in [3.8, 4) is 0 Å². The second kappa shape index (κ2) is 5.24. The van der Waals surface area contributed by atoms with Crippen LogP contribution in [0.15, 0.2) is 24.8 Å². The minimum atomic E-state index is -0.424. The summed E-state index contributed by atoms with van der Waals surface area (Å²) in [5, 5.41) is 4.28. The fraction of sp³-hybridized carbons (Fsp3) is 0.533. The molecular formula is C15H20N6O. The van der Waals surface area contributed by atoms with Gasteiger partial charge in [0.05, 0.1) is 24.3 Å². The molecule has 22 heavy (non-hydrogen) atoms. The Balaban J connectivity index is 1.41. The van der Waals surface area contributed by atoms with E-state index in [1.807, 2.05) is 10.9 Å². The average molecular weight is 300 g/mol. The number of hydrogen-bond acceptors (Lipinski definition) is 4. The van der Waals surface area contributed by atoms with Crippen molar-refractivity contribution >= 4 is 5.91 Å². The van der Waals surface area contributed by atoms with Gasteiger partial charge in [0, 0.05) is 37.7 Å². The van der Waals surface area contributed by atoms with Gasteiger partial charge in [-0.2, -0.15) is 5.10 Å². The lowest BCUT2D eigenvalue weighted by molar-refractivity contribution is 0.1000. The van der Waals surface area contributed by atoms with Gasteiger partial charge in [0.2, 0.25) is 0 Å². The van der Waals surface area contributed by atoms with Gasteiger partial charge in [-0.15, -0.1) is 0 Å². The number of carbonyl (C=O) groups is 1. The summed E-state index contributed by atoms with van der Waals surface area (Å²) >= 11 is 0. The predicted octanol–water partition coefficient (Wildman–Crippen LogP) is 0.960. The summed E-state index contributed by atoms with van der Waals surface area (Å²) in [4.78, 5) is 18.1. The molecule has 4 rings (SSSR count). The summed E-state index contributed by atoms with van der Waals surface area (Å²) in [6.45, 7) is 2.83. The highest BCUT2D eigenvalue weighted by molar-refractivity contribution is 5.92. The topological polar surface area (TPSA) is 82.0 Å². The van der Waals surface area contributed by atoms with Crippen LogP contribution in [-0.4, -0.2) is 43.2 Å². The van der Waals surface area contributed by atoms with Crippen LogP contribution in [-0.2, 0) is 6.54 Å². The molecule has 7 heteroatoms. The molecule has 0 bridgehead atoms. The lowest BCUT2D eigenvalue weighted by Gasteiger charge is -2.16. The van der Waals surface area contributed by atoms with E-state index in [0.717, 1.165) is 31.9 Å². The van der Waals surface area contributed by atoms with Crippen LogP contribution < -0.4 is 5.73 Å². The van der Waals surface area contributed by atoms with E-state index in [1.54, 1.807) is 12.4 Å². The van der Waals surface area contributed by atoms with Crippen LogP contribution in [0.25, 0.3) is 0 Å². The van der Waals surface area contributed by atoms with Crippen molar-refractivity contribution in [2.75, 3.05) is 13.1 Å². The smallest absolute Gasteiger partial charge is 0.251 e. The molecule has 1 saturated heterocycles. The fourth-order valence-electron chi connectivity index (χ4n) is 3.19. The van der Waals surface area contributed by atoms with Gasteiger partial charge in [-0.1, -0.05) is 0 Å². The molecule has 2 N–H and O–H groups in total. The molecule has 1 amide bonds. The Kier molecular flexibility index (Phi) is 3.22. The molecule has 1 atom stereocenters. The first kappa shape index (κ1) is 13.5. The Morgan fingerprint density at radius 1 is 1.32 bits per heavy atom. The second-order valence-corrected chi connectivity index (χ2v) is 6.23. The zero-order valence-corrected chi connectivity index (χ0v) is 12.4. The third-order valence-electron chi connectivity index (χ3n) is 4.56. The number of carbonyl (C=O) groups excluding carboxylic acids is 1. The van der Waals surface area contributed by atoms with Gasteiger partial charge in [0.25, 0.3) is 5.91 Å². The fourth-order valence-corrected chi connectivity index (χ4v) is 3.19. The molecule has 2 aromatic heterocycles. The van der Waals surface area contributed by atoms with E-state index in [1.165, 1.54) is 12.8 Å². The lowest BCUT2D eigenvalue weighted by Crippen LogP contribution is -2.23. The second-order valence-electron chi connectivity index (χ2n) is 6.23. The van der Waals surface area contributed by atoms with E-state index in [2.05, 4.69) is 25.7 Å². The maximum Gasteiger partial charge on any atom is 0.251 e. The van der Waals surface area contributed by atoms with E-state index < -0.39 is 5.91 Å². The number of nitrogens with zero attached hydrogens (tertiary/aromatic N) is 5. The summed E-state index contributed by atoms with van der Waals surface area (Å²) in [7, 11) is 0. The summed E-state index contributed by atoms with van der Waals surface area (Å²) in [5.74, 6) is 0.731. The third-order valence-corrected chi connectivity index (χ3v) is 4.56. The Hall–Kier alpha value is -2.15. The number of amides is 1. The summed E-state index contributed by atoms with van der Waals surface area (Å²) in [6, 6.07) is 0.970. The van der Waals surface area contributed by atoms with Crippen molar-refractivity contribution in [3.05, 3.63) is 36.2 Å². The molecule has 2 aliphatic rings. The molecule has 1 aliphatic carbocycles. The molecule has 116 valence electrons. The molecule has 0 radical (unpaired) electrons. The monoisotopic (exact) mass is 300 g/mol. The Labute approximate surface area is 128 Å². The average Bonchev–Trinajstić information content (AvgIpc) is 2.96. The minimum absolute atomic E-state index is 0.303. The van der Waals surface area contributed by atoms with Gasteiger partial charge in [-0.25, -0.2) is 4.98 Å². The van der Waals surface area contributed by atoms with Crippen LogP contribution in [0.5, 0.6) is 0 Å². The van der Waals surface area contributed by atoms with Gasteiger partial charge in [-0.05, 0) is 19.3 Å². The van der Waals surface area contributed by atoms with E-state index in [9.17, 15) is 4.79 Å². The number of likely N-dealkylation sites (tertiary alicyclic amines) is 1. The summed E-state index contributed by atoms with van der Waals surface area (Å²) in [6.07, 6.45) is 10.9. The van der Waals surface area contributed by atoms with Crippen molar-refractivity contribution in [1.82, 2.24) is 24.2 Å². The number of primary amides is 1. The van der Waals surface area contributed by atoms with Crippen LogP contribution in [0.4, 0.5) is 0 Å². The predicted molar refractivity (Wildman–Crippen MR) is 80.2 cm³/mol. The van der Waals surface area contributed by atoms with Crippen molar-refractivity contribution in [2.24, 2.45) is 5.73 Å². The van der Waals surface area contributed by atoms with E-state index in [-0.39, 0.29) is 0 Å². The molecule has 1 saturated carbocycles. The maximum atomic E-state index is 11.2. The number of imidazole rings is 1. The minimum Gasteiger partial charge on any atom is -0.366 e. The van der Waals surface area contributed by atoms with Crippen molar-refractivity contribution in [1.29, 1.82) is 0 Å². The summed E-state index contributed by atoms with van der Waals surface area (Å²) in [5.41, 5.74) is 5.76. The molecule has 3 heterocycles. The first-order chi connectivity index (χ1) is 10.7. The third kappa shape index (κ3) is 2.52. The first-order valence-electron chi connectivity index (χ1n) is 7.79. The van der Waals surface area contributed by atoms with Crippen LogP contribution in [0.2, 0.25) is 0 Å². The highest BCUT2D eigenvalue weighted by Gasteiger charge is 2.29. The van der Waals surface area contributed by atoms with Crippen LogP contribution in [0.1, 0.15) is 47.5 Å². The lowest BCUT2D eigenvalue weighted by atomic mass is 10.3. The van der Waals surface area contributed by atoms with Crippen molar-refractivity contribution in [3.63, 3.8) is 0 Å². The largest absolute Gasteiger partial charge is 0.366 e. The maximum absolute atomic E-state index is 11.2. The van der Waals surface area contributed by atoms with E-state index in [0.29, 0.717) is 17.6 Å². The summed E-state index contributed by atoms with van der Waals surface area (Å²) < 4.78 is 4.18. The highest BCUT2D eigenvalue weighted by atomic mass is 16.1. The molecule has 0 spiro atoms. The van der Waals surface area contributed by atoms with E-state index >= 15 is 0 Å². The number of rotatable bonds is 5. The Morgan fingerprint density at radius 3 is 2.91 bits per heavy atom. The van der Waals surface area contributed by atoms with Crippen LogP contribution >= 0.6 is 0 Å². The van der Waals surface area contributed by atoms with E-state index in [4.69, 9.17) is 5.73 Å². The Morgan fingerprint density at radius 2 is 2.18 bits per heavy atom. The van der Waals surface area contributed by atoms with Crippen LogP contribution in [0, 0.1) is 0 Å². The van der Waals surface area contributed by atoms with Gasteiger partial charge in [0.1, 0.15) is 5.82 Å². The standard InChI is InChI=1S/C15H20N6O/c16-15(22)11-7-18-21(8-11)13-3-5-19(9-13)10-14-17-4-6-20(14)12-1-2-12/h4,6-8,12-13H,1-3,5,9-10H2,(H2,16,22). The normalized spacial score (nSPS) is 22.3.